The van der Waals surface area contributed by atoms with Gasteiger partial charge in [0.1, 0.15) is 16.5 Å². The first-order valence-corrected chi connectivity index (χ1v) is 7.18. The Morgan fingerprint density at radius 2 is 1.95 bits per heavy atom. The second-order valence-electron chi connectivity index (χ2n) is 4.18. The molecular weight excluding hydrogens is 269 g/mol. The first kappa shape index (κ1) is 13.5. The molecule has 4 nitrogen and oxygen atoms in total. The van der Waals surface area contributed by atoms with Crippen LogP contribution in [0.25, 0.3) is 0 Å². The minimum absolute atomic E-state index is 0.294. The fraction of sp³-hybridized carbons (Fsp3) is 0.154. The summed E-state index contributed by atoms with van der Waals surface area (Å²) in [5, 5.41) is 0. The molecule has 0 unspecified atom stereocenters. The molecule has 19 heavy (non-hydrogen) atoms. The molecule has 0 aliphatic carbocycles. The van der Waals surface area contributed by atoms with E-state index in [0.29, 0.717) is 5.56 Å². The minimum atomic E-state index is -3.96. The smallest absolute Gasteiger partial charge is 0.188 e. The number of hydrogen-bond donors (Lipinski definition) is 0. The first-order chi connectivity index (χ1) is 8.90. The second-order valence-corrected chi connectivity index (χ2v) is 6.14. The molecule has 0 amide bonds. The van der Waals surface area contributed by atoms with Gasteiger partial charge in [-0.05, 0) is 18.2 Å². The SMILES string of the molecule is Cn1ccc(C(=O)CS(=O)(=O)c2ccccc2F)c1. The van der Waals surface area contributed by atoms with Crippen molar-refractivity contribution in [3.8, 4) is 0 Å². The Balaban J connectivity index is 2.28. The van der Waals surface area contributed by atoms with Crippen molar-refractivity contribution in [3.05, 3.63) is 54.1 Å². The van der Waals surface area contributed by atoms with Crippen LogP contribution in [-0.2, 0) is 16.9 Å². The number of aryl methyl sites for hydroxylation is 1. The van der Waals surface area contributed by atoms with Crippen LogP contribution in [0, 0.1) is 5.82 Å². The highest BCUT2D eigenvalue weighted by Gasteiger charge is 2.23. The molecule has 2 aromatic rings. The Bertz CT molecular complexity index is 719. The molecule has 0 saturated carbocycles. The maximum atomic E-state index is 13.4. The highest BCUT2D eigenvalue weighted by molar-refractivity contribution is 7.92. The lowest BCUT2D eigenvalue weighted by Gasteiger charge is -2.04. The molecular formula is C13H12FNO3S. The summed E-state index contributed by atoms with van der Waals surface area (Å²) in [6.45, 7) is 0. The van der Waals surface area contributed by atoms with Gasteiger partial charge in [0.25, 0.3) is 0 Å². The Morgan fingerprint density at radius 1 is 1.26 bits per heavy atom. The zero-order valence-electron chi connectivity index (χ0n) is 10.2. The number of benzene rings is 1. The Hall–Kier alpha value is -1.95. The number of Topliss-reactive ketones (excluding diaryl/α,β-unsaturated/α-hetero) is 1. The zero-order chi connectivity index (χ0) is 14.0. The van der Waals surface area contributed by atoms with E-state index in [0.717, 1.165) is 12.1 Å². The van der Waals surface area contributed by atoms with Gasteiger partial charge < -0.3 is 4.57 Å². The lowest BCUT2D eigenvalue weighted by molar-refractivity contribution is 0.102. The van der Waals surface area contributed by atoms with E-state index in [4.69, 9.17) is 0 Å². The quantitative estimate of drug-likeness (QED) is 0.803. The van der Waals surface area contributed by atoms with Crippen LogP contribution >= 0.6 is 0 Å². The third-order valence-electron chi connectivity index (χ3n) is 2.65. The number of sulfone groups is 1. The summed E-state index contributed by atoms with van der Waals surface area (Å²) in [5.41, 5.74) is 0.294. The number of rotatable bonds is 4. The molecule has 0 fully saturated rings. The third kappa shape index (κ3) is 2.90. The lowest BCUT2D eigenvalue weighted by Crippen LogP contribution is -2.17. The van der Waals surface area contributed by atoms with Crippen LogP contribution in [-0.4, -0.2) is 24.5 Å². The molecule has 100 valence electrons. The van der Waals surface area contributed by atoms with Gasteiger partial charge in [-0.2, -0.15) is 0 Å². The van der Waals surface area contributed by atoms with Gasteiger partial charge in [0.05, 0.1) is 0 Å². The fourth-order valence-corrected chi connectivity index (χ4v) is 3.02. The van der Waals surface area contributed by atoms with Crippen molar-refractivity contribution in [3.63, 3.8) is 0 Å². The number of halogens is 1. The van der Waals surface area contributed by atoms with E-state index in [1.807, 2.05) is 0 Å². The number of carbonyl (C=O) groups excluding carboxylic acids is 1. The molecule has 6 heteroatoms. The topological polar surface area (TPSA) is 56.1 Å². The van der Waals surface area contributed by atoms with E-state index < -0.39 is 32.1 Å². The molecule has 0 bridgehead atoms. The molecule has 0 atom stereocenters. The molecule has 0 aliphatic heterocycles. The summed E-state index contributed by atoms with van der Waals surface area (Å²) in [5.74, 6) is -2.13. The van der Waals surface area contributed by atoms with Gasteiger partial charge in [-0.15, -0.1) is 0 Å². The average molecular weight is 281 g/mol. The number of aromatic nitrogens is 1. The summed E-state index contributed by atoms with van der Waals surface area (Å²) in [6, 6.07) is 6.55. The molecule has 0 N–H and O–H groups in total. The predicted molar refractivity (Wildman–Crippen MR) is 68.2 cm³/mol. The van der Waals surface area contributed by atoms with Crippen molar-refractivity contribution in [1.82, 2.24) is 4.57 Å². The van der Waals surface area contributed by atoms with Gasteiger partial charge in [0.15, 0.2) is 15.6 Å². The first-order valence-electron chi connectivity index (χ1n) is 5.52. The van der Waals surface area contributed by atoms with Gasteiger partial charge in [-0.3, -0.25) is 4.79 Å². The zero-order valence-corrected chi connectivity index (χ0v) is 11.0. The van der Waals surface area contributed by atoms with Crippen LogP contribution in [0.2, 0.25) is 0 Å². The van der Waals surface area contributed by atoms with Gasteiger partial charge >= 0.3 is 0 Å². The van der Waals surface area contributed by atoms with Crippen LogP contribution in [0.4, 0.5) is 4.39 Å². The summed E-state index contributed by atoms with van der Waals surface area (Å²) in [4.78, 5) is 11.4. The molecule has 2 rings (SSSR count). The van der Waals surface area contributed by atoms with E-state index in [2.05, 4.69) is 0 Å². The highest BCUT2D eigenvalue weighted by atomic mass is 32.2. The van der Waals surface area contributed by atoms with E-state index in [9.17, 15) is 17.6 Å². The number of nitrogens with zero attached hydrogens (tertiary/aromatic N) is 1. The standard InChI is InChI=1S/C13H12FNO3S/c1-15-7-6-10(8-15)12(16)9-19(17,18)13-5-3-2-4-11(13)14/h2-8H,9H2,1H3. The molecule has 1 aromatic carbocycles. The maximum absolute atomic E-state index is 13.4. The summed E-state index contributed by atoms with van der Waals surface area (Å²) < 4.78 is 39.0. The van der Waals surface area contributed by atoms with Crippen molar-refractivity contribution in [2.24, 2.45) is 7.05 Å². The number of carbonyl (C=O) groups is 1. The molecule has 0 radical (unpaired) electrons. The normalized spacial score (nSPS) is 11.5. The summed E-state index contributed by atoms with van der Waals surface area (Å²) in [6.07, 6.45) is 3.17. The Kier molecular flexibility index (Phi) is 3.53. The maximum Gasteiger partial charge on any atom is 0.188 e. The van der Waals surface area contributed by atoms with Crippen LogP contribution in [0.3, 0.4) is 0 Å². The fourth-order valence-electron chi connectivity index (χ4n) is 1.70. The number of hydrogen-bond acceptors (Lipinski definition) is 3. The third-order valence-corrected chi connectivity index (χ3v) is 4.29. The van der Waals surface area contributed by atoms with Crippen molar-refractivity contribution in [2.45, 2.75) is 4.90 Å². The molecule has 1 heterocycles. The van der Waals surface area contributed by atoms with Gasteiger partial charge in [0.2, 0.25) is 0 Å². The van der Waals surface area contributed by atoms with Crippen LogP contribution in [0.1, 0.15) is 10.4 Å². The average Bonchev–Trinajstić information content (AvgIpc) is 2.76. The van der Waals surface area contributed by atoms with E-state index in [1.54, 1.807) is 17.8 Å². The summed E-state index contributed by atoms with van der Waals surface area (Å²) >= 11 is 0. The molecule has 0 spiro atoms. The van der Waals surface area contributed by atoms with E-state index in [-0.39, 0.29) is 0 Å². The van der Waals surface area contributed by atoms with E-state index in [1.165, 1.54) is 24.4 Å². The van der Waals surface area contributed by atoms with Gasteiger partial charge in [0, 0.05) is 25.0 Å². The molecule has 0 aliphatic rings. The monoisotopic (exact) mass is 281 g/mol. The largest absolute Gasteiger partial charge is 0.357 e. The second kappa shape index (κ2) is 4.97. The minimum Gasteiger partial charge on any atom is -0.357 e. The predicted octanol–water partition coefficient (Wildman–Crippen LogP) is 1.82. The lowest BCUT2D eigenvalue weighted by atomic mass is 10.2. The Morgan fingerprint density at radius 3 is 2.53 bits per heavy atom. The van der Waals surface area contributed by atoms with E-state index >= 15 is 0 Å². The Labute approximate surface area is 110 Å². The van der Waals surface area contributed by atoms with Crippen molar-refractivity contribution in [1.29, 1.82) is 0 Å². The molecule has 0 saturated heterocycles. The van der Waals surface area contributed by atoms with Crippen LogP contribution in [0.15, 0.2) is 47.6 Å². The van der Waals surface area contributed by atoms with Crippen molar-refractivity contribution < 1.29 is 17.6 Å². The summed E-state index contributed by atoms with van der Waals surface area (Å²) in [7, 11) is -2.24. The van der Waals surface area contributed by atoms with Gasteiger partial charge in [-0.1, -0.05) is 12.1 Å². The van der Waals surface area contributed by atoms with Crippen molar-refractivity contribution >= 4 is 15.6 Å². The van der Waals surface area contributed by atoms with Crippen molar-refractivity contribution in [2.75, 3.05) is 5.75 Å². The van der Waals surface area contributed by atoms with Crippen LogP contribution < -0.4 is 0 Å². The number of ketones is 1. The van der Waals surface area contributed by atoms with Crippen LogP contribution in [0.5, 0.6) is 0 Å². The molecule has 1 aromatic heterocycles. The van der Waals surface area contributed by atoms with Gasteiger partial charge in [-0.25, -0.2) is 12.8 Å². The highest BCUT2D eigenvalue weighted by Crippen LogP contribution is 2.16.